The molecule has 27 heavy (non-hydrogen) atoms. The Morgan fingerprint density at radius 2 is 1.81 bits per heavy atom. The summed E-state index contributed by atoms with van der Waals surface area (Å²) in [5.41, 5.74) is 9.46. The minimum Gasteiger partial charge on any atom is -0.457 e. The molecule has 0 spiro atoms. The zero-order chi connectivity index (χ0) is 18.6. The Morgan fingerprint density at radius 3 is 2.56 bits per heavy atom. The van der Waals surface area contributed by atoms with E-state index >= 15 is 0 Å². The molecule has 4 rings (SSSR count). The van der Waals surface area contributed by atoms with Gasteiger partial charge >= 0.3 is 0 Å². The minimum atomic E-state index is 0.734. The van der Waals surface area contributed by atoms with E-state index in [0.717, 1.165) is 42.8 Å². The summed E-state index contributed by atoms with van der Waals surface area (Å²) in [7, 11) is 0. The molecule has 138 valence electrons. The van der Waals surface area contributed by atoms with Gasteiger partial charge in [0.05, 0.1) is 10.6 Å². The van der Waals surface area contributed by atoms with Gasteiger partial charge < -0.3 is 15.5 Å². The fourth-order valence-electron chi connectivity index (χ4n) is 3.40. The number of fused-ring (bicyclic) bond motifs is 1. The molecule has 2 aromatic heterocycles. The first kappa shape index (κ1) is 17.8. The number of thiophene rings is 1. The number of aryl methyl sites for hydroxylation is 2. The van der Waals surface area contributed by atoms with Gasteiger partial charge in [-0.1, -0.05) is 18.2 Å². The van der Waals surface area contributed by atoms with Gasteiger partial charge in [0.2, 0.25) is 0 Å². The van der Waals surface area contributed by atoms with Gasteiger partial charge in [-0.15, -0.1) is 11.3 Å². The van der Waals surface area contributed by atoms with Crippen LogP contribution in [0.15, 0.2) is 60.7 Å². The third-order valence-corrected chi connectivity index (χ3v) is 5.74. The van der Waals surface area contributed by atoms with E-state index in [2.05, 4.69) is 36.2 Å². The number of benzene rings is 2. The molecule has 2 aromatic carbocycles. The van der Waals surface area contributed by atoms with Crippen LogP contribution in [0.5, 0.6) is 11.5 Å². The van der Waals surface area contributed by atoms with Crippen LogP contribution in [-0.2, 0) is 6.42 Å². The highest BCUT2D eigenvalue weighted by Crippen LogP contribution is 2.37. The summed E-state index contributed by atoms with van der Waals surface area (Å²) < 4.78 is 6.05. The fourth-order valence-corrected chi connectivity index (χ4v) is 4.30. The molecule has 3 N–H and O–H groups in total. The fraction of sp³-hybridized carbons (Fsp3) is 0.217. The lowest BCUT2D eigenvalue weighted by molar-refractivity contribution is 0.483. The monoisotopic (exact) mass is 376 g/mol. The number of aromatic amines is 1. The number of ether oxygens (including phenoxy) is 1. The number of para-hydroxylation sites is 1. The Kier molecular flexibility index (Phi) is 5.28. The first-order chi connectivity index (χ1) is 13.2. The standard InChI is InChI=1S/C23H24N2OS/c1-16-10-13-22(27-16)23-19(9-5-6-14-24)20-15-18(11-12-21(20)25-23)26-17-7-3-2-4-8-17/h2-4,7-8,10-13,15,25H,5-6,9,14,24H2,1H3. The van der Waals surface area contributed by atoms with Crippen molar-refractivity contribution in [2.75, 3.05) is 6.54 Å². The van der Waals surface area contributed by atoms with E-state index in [1.165, 1.54) is 26.4 Å². The summed E-state index contributed by atoms with van der Waals surface area (Å²) in [5.74, 6) is 1.72. The van der Waals surface area contributed by atoms with Crippen molar-refractivity contribution >= 4 is 22.2 Å². The largest absolute Gasteiger partial charge is 0.457 e. The molecular formula is C23H24N2OS. The van der Waals surface area contributed by atoms with Gasteiger partial charge in [-0.05, 0) is 80.8 Å². The molecule has 0 radical (unpaired) electrons. The van der Waals surface area contributed by atoms with Gasteiger partial charge in [0.1, 0.15) is 11.5 Å². The third-order valence-electron chi connectivity index (χ3n) is 4.72. The van der Waals surface area contributed by atoms with Crippen molar-refractivity contribution in [1.29, 1.82) is 0 Å². The first-order valence-electron chi connectivity index (χ1n) is 9.39. The lowest BCUT2D eigenvalue weighted by Gasteiger charge is -2.07. The van der Waals surface area contributed by atoms with Crippen LogP contribution in [0, 0.1) is 6.92 Å². The van der Waals surface area contributed by atoms with Crippen molar-refractivity contribution in [2.45, 2.75) is 26.2 Å². The highest BCUT2D eigenvalue weighted by Gasteiger charge is 2.15. The molecule has 0 aliphatic rings. The van der Waals surface area contributed by atoms with E-state index in [1.807, 2.05) is 47.7 Å². The van der Waals surface area contributed by atoms with E-state index in [-0.39, 0.29) is 0 Å². The van der Waals surface area contributed by atoms with E-state index in [0.29, 0.717) is 0 Å². The highest BCUT2D eigenvalue weighted by atomic mass is 32.1. The molecule has 0 aliphatic carbocycles. The van der Waals surface area contributed by atoms with Crippen LogP contribution in [0.1, 0.15) is 23.3 Å². The van der Waals surface area contributed by atoms with Gasteiger partial charge in [0.25, 0.3) is 0 Å². The summed E-state index contributed by atoms with van der Waals surface area (Å²) >= 11 is 1.83. The zero-order valence-electron chi connectivity index (χ0n) is 15.5. The van der Waals surface area contributed by atoms with E-state index in [4.69, 9.17) is 10.5 Å². The Labute approximate surface area is 163 Å². The van der Waals surface area contributed by atoms with Gasteiger partial charge in [0.15, 0.2) is 0 Å². The molecule has 0 fully saturated rings. The summed E-state index contributed by atoms with van der Waals surface area (Å²) in [6, 6.07) is 20.6. The molecule has 0 unspecified atom stereocenters. The minimum absolute atomic E-state index is 0.734. The van der Waals surface area contributed by atoms with Gasteiger partial charge in [-0.3, -0.25) is 0 Å². The molecule has 0 atom stereocenters. The predicted octanol–water partition coefficient (Wildman–Crippen LogP) is 6.28. The smallest absolute Gasteiger partial charge is 0.128 e. The van der Waals surface area contributed by atoms with Crippen LogP contribution in [0.25, 0.3) is 21.5 Å². The summed E-state index contributed by atoms with van der Waals surface area (Å²) in [4.78, 5) is 6.25. The lowest BCUT2D eigenvalue weighted by Crippen LogP contribution is -1.99. The predicted molar refractivity (Wildman–Crippen MR) is 115 cm³/mol. The second-order valence-electron chi connectivity index (χ2n) is 6.76. The quantitative estimate of drug-likeness (QED) is 0.373. The van der Waals surface area contributed by atoms with Crippen molar-refractivity contribution in [3.8, 4) is 22.1 Å². The maximum absolute atomic E-state index is 6.05. The number of nitrogens with one attached hydrogen (secondary N) is 1. The lowest BCUT2D eigenvalue weighted by atomic mass is 10.0. The summed E-state index contributed by atoms with van der Waals surface area (Å²) in [6.07, 6.45) is 3.14. The number of nitrogens with two attached hydrogens (primary N) is 1. The molecular weight excluding hydrogens is 352 g/mol. The molecule has 0 saturated heterocycles. The van der Waals surface area contributed by atoms with Crippen LogP contribution < -0.4 is 10.5 Å². The number of unbranched alkanes of at least 4 members (excludes halogenated alkanes) is 1. The average Bonchev–Trinajstić information content (AvgIpc) is 3.26. The molecule has 0 aliphatic heterocycles. The van der Waals surface area contributed by atoms with Crippen LogP contribution >= 0.6 is 11.3 Å². The molecule has 0 saturated carbocycles. The molecule has 3 nitrogen and oxygen atoms in total. The van der Waals surface area contributed by atoms with Crippen LogP contribution in [-0.4, -0.2) is 11.5 Å². The van der Waals surface area contributed by atoms with Crippen LogP contribution in [0.2, 0.25) is 0 Å². The van der Waals surface area contributed by atoms with E-state index < -0.39 is 0 Å². The van der Waals surface area contributed by atoms with Gasteiger partial charge in [0, 0.05) is 15.8 Å². The second kappa shape index (κ2) is 7.99. The number of hydrogen-bond acceptors (Lipinski definition) is 3. The Hall–Kier alpha value is -2.56. The maximum Gasteiger partial charge on any atom is 0.128 e. The van der Waals surface area contributed by atoms with Crippen molar-refractivity contribution in [3.63, 3.8) is 0 Å². The Morgan fingerprint density at radius 1 is 0.963 bits per heavy atom. The van der Waals surface area contributed by atoms with Crippen molar-refractivity contribution in [3.05, 3.63) is 71.1 Å². The highest BCUT2D eigenvalue weighted by molar-refractivity contribution is 7.15. The topological polar surface area (TPSA) is 51.0 Å². The molecule has 2 heterocycles. The van der Waals surface area contributed by atoms with Gasteiger partial charge in [-0.2, -0.15) is 0 Å². The normalized spacial score (nSPS) is 11.2. The second-order valence-corrected chi connectivity index (χ2v) is 8.05. The SMILES string of the molecule is Cc1ccc(-c2[nH]c3ccc(Oc4ccccc4)cc3c2CCCCN)s1. The first-order valence-corrected chi connectivity index (χ1v) is 10.2. The number of rotatable bonds is 7. The average molecular weight is 377 g/mol. The van der Waals surface area contributed by atoms with Crippen molar-refractivity contribution in [1.82, 2.24) is 4.98 Å². The zero-order valence-corrected chi connectivity index (χ0v) is 16.3. The van der Waals surface area contributed by atoms with Crippen LogP contribution in [0.3, 0.4) is 0 Å². The summed E-state index contributed by atoms with van der Waals surface area (Å²) in [6.45, 7) is 2.88. The molecule has 0 amide bonds. The summed E-state index contributed by atoms with van der Waals surface area (Å²) in [5, 5.41) is 1.24. The van der Waals surface area contributed by atoms with Crippen molar-refractivity contribution in [2.24, 2.45) is 5.73 Å². The number of H-pyrrole nitrogens is 1. The Bertz CT molecular complexity index is 1030. The van der Waals surface area contributed by atoms with Crippen molar-refractivity contribution < 1.29 is 4.74 Å². The van der Waals surface area contributed by atoms with Crippen LogP contribution in [0.4, 0.5) is 0 Å². The Balaban J connectivity index is 1.75. The van der Waals surface area contributed by atoms with Gasteiger partial charge in [-0.25, -0.2) is 0 Å². The number of aromatic nitrogens is 1. The third kappa shape index (κ3) is 3.92. The molecule has 4 aromatic rings. The molecule has 0 bridgehead atoms. The maximum atomic E-state index is 6.05. The van der Waals surface area contributed by atoms with E-state index in [9.17, 15) is 0 Å². The molecule has 4 heteroatoms. The van der Waals surface area contributed by atoms with E-state index in [1.54, 1.807) is 0 Å². The number of hydrogen-bond donors (Lipinski definition) is 2.